The van der Waals surface area contributed by atoms with Gasteiger partial charge in [-0.3, -0.25) is 0 Å². The fourth-order valence-corrected chi connectivity index (χ4v) is 1.19. The van der Waals surface area contributed by atoms with Gasteiger partial charge in [0.25, 0.3) is 0 Å². The molecule has 2 aromatic rings. The van der Waals surface area contributed by atoms with Gasteiger partial charge in [0.2, 0.25) is 5.95 Å². The first-order valence-electron chi connectivity index (χ1n) is 4.10. The molecular weight excluding hydrogens is 183 g/mol. The highest BCUT2D eigenvalue weighted by molar-refractivity contribution is 5.35. The third-order valence-corrected chi connectivity index (χ3v) is 1.86. The molecule has 2 rings (SSSR count). The van der Waals surface area contributed by atoms with Gasteiger partial charge in [0.1, 0.15) is 17.8 Å². The summed E-state index contributed by atoms with van der Waals surface area (Å²) in [6, 6.07) is 4.88. The molecule has 0 spiro atoms. The van der Waals surface area contributed by atoms with Crippen molar-refractivity contribution in [2.45, 2.75) is 6.92 Å². The fourth-order valence-electron chi connectivity index (χ4n) is 1.19. The molecule has 0 radical (unpaired) electrons. The Labute approximate surface area is 80.2 Å². The van der Waals surface area contributed by atoms with Crippen molar-refractivity contribution in [3.63, 3.8) is 0 Å². The Kier molecular flexibility index (Phi) is 1.92. The molecule has 0 amide bonds. The van der Waals surface area contributed by atoms with E-state index in [1.54, 1.807) is 12.1 Å². The summed E-state index contributed by atoms with van der Waals surface area (Å²) in [5, 5.41) is 3.81. The van der Waals surface area contributed by atoms with Gasteiger partial charge < -0.3 is 5.73 Å². The lowest BCUT2D eigenvalue weighted by Gasteiger charge is -2.02. The number of halogens is 1. The summed E-state index contributed by atoms with van der Waals surface area (Å²) in [4.78, 5) is 3.72. The van der Waals surface area contributed by atoms with Gasteiger partial charge in [-0.15, -0.1) is 5.10 Å². The van der Waals surface area contributed by atoms with Crippen LogP contribution in [-0.2, 0) is 0 Å². The van der Waals surface area contributed by atoms with Crippen molar-refractivity contribution < 1.29 is 4.39 Å². The summed E-state index contributed by atoms with van der Waals surface area (Å²) < 4.78 is 14.7. The third-order valence-electron chi connectivity index (χ3n) is 1.86. The molecule has 0 aliphatic rings. The molecule has 0 unspecified atom stereocenters. The lowest BCUT2D eigenvalue weighted by Crippen LogP contribution is -1.99. The SMILES string of the molecule is Cc1ccc(-n2cnc(N)n2)c(F)c1. The largest absolute Gasteiger partial charge is 0.366 e. The zero-order chi connectivity index (χ0) is 10.1. The smallest absolute Gasteiger partial charge is 0.239 e. The van der Waals surface area contributed by atoms with E-state index >= 15 is 0 Å². The van der Waals surface area contributed by atoms with Crippen molar-refractivity contribution in [2.75, 3.05) is 5.73 Å². The van der Waals surface area contributed by atoms with Crippen molar-refractivity contribution in [1.82, 2.24) is 14.8 Å². The Hall–Kier alpha value is -1.91. The first-order valence-corrected chi connectivity index (χ1v) is 4.10. The number of anilines is 1. The van der Waals surface area contributed by atoms with E-state index in [9.17, 15) is 4.39 Å². The molecule has 1 heterocycles. The van der Waals surface area contributed by atoms with Crippen LogP contribution in [0.1, 0.15) is 5.56 Å². The maximum atomic E-state index is 13.4. The Balaban J connectivity index is 2.52. The lowest BCUT2D eigenvalue weighted by atomic mass is 10.2. The monoisotopic (exact) mass is 192 g/mol. The van der Waals surface area contributed by atoms with Gasteiger partial charge in [-0.25, -0.2) is 14.1 Å². The number of aryl methyl sites for hydroxylation is 1. The highest BCUT2D eigenvalue weighted by Gasteiger charge is 2.05. The van der Waals surface area contributed by atoms with Crippen LogP contribution in [-0.4, -0.2) is 14.8 Å². The molecule has 0 aliphatic heterocycles. The van der Waals surface area contributed by atoms with Crippen LogP contribution < -0.4 is 5.73 Å². The number of aromatic nitrogens is 3. The van der Waals surface area contributed by atoms with Gasteiger partial charge in [-0.05, 0) is 24.6 Å². The lowest BCUT2D eigenvalue weighted by molar-refractivity contribution is 0.609. The first kappa shape index (κ1) is 8.68. The van der Waals surface area contributed by atoms with E-state index in [4.69, 9.17) is 5.73 Å². The van der Waals surface area contributed by atoms with Crippen LogP contribution in [0.25, 0.3) is 5.69 Å². The second-order valence-electron chi connectivity index (χ2n) is 3.00. The van der Waals surface area contributed by atoms with E-state index in [1.807, 2.05) is 6.92 Å². The molecular formula is C9H9FN4. The molecule has 2 N–H and O–H groups in total. The van der Waals surface area contributed by atoms with Gasteiger partial charge in [-0.2, -0.15) is 0 Å². The summed E-state index contributed by atoms with van der Waals surface area (Å²) in [6.45, 7) is 1.82. The standard InChI is InChI=1S/C9H9FN4/c1-6-2-3-8(7(10)4-6)14-5-12-9(11)13-14/h2-5H,1H3,(H2,11,13). The maximum Gasteiger partial charge on any atom is 0.239 e. The van der Waals surface area contributed by atoms with Gasteiger partial charge in [0.15, 0.2) is 0 Å². The second kappa shape index (κ2) is 3.10. The molecule has 0 aliphatic carbocycles. The van der Waals surface area contributed by atoms with Gasteiger partial charge in [-0.1, -0.05) is 6.07 Å². The van der Waals surface area contributed by atoms with Crippen LogP contribution >= 0.6 is 0 Å². The summed E-state index contributed by atoms with van der Waals surface area (Å²) in [7, 11) is 0. The van der Waals surface area contributed by atoms with Crippen molar-refractivity contribution >= 4 is 5.95 Å². The summed E-state index contributed by atoms with van der Waals surface area (Å²) in [5.74, 6) is -0.208. The minimum atomic E-state index is -0.338. The molecule has 0 bridgehead atoms. The Bertz CT molecular complexity index is 464. The third kappa shape index (κ3) is 1.44. The van der Waals surface area contributed by atoms with E-state index in [-0.39, 0.29) is 11.8 Å². The average Bonchev–Trinajstić information content (AvgIpc) is 2.51. The van der Waals surface area contributed by atoms with Crippen LogP contribution in [0.4, 0.5) is 10.3 Å². The number of nitrogens with two attached hydrogens (primary N) is 1. The van der Waals surface area contributed by atoms with E-state index in [0.717, 1.165) is 5.56 Å². The van der Waals surface area contributed by atoms with Crippen molar-refractivity contribution in [3.8, 4) is 5.69 Å². The summed E-state index contributed by atoms with van der Waals surface area (Å²) in [6.07, 6.45) is 1.38. The Morgan fingerprint density at radius 1 is 1.43 bits per heavy atom. The Morgan fingerprint density at radius 3 is 2.79 bits per heavy atom. The van der Waals surface area contributed by atoms with Crippen molar-refractivity contribution in [1.29, 1.82) is 0 Å². The molecule has 0 fully saturated rings. The van der Waals surface area contributed by atoms with Crippen LogP contribution in [0.3, 0.4) is 0 Å². The average molecular weight is 192 g/mol. The zero-order valence-corrected chi connectivity index (χ0v) is 7.61. The molecule has 0 saturated carbocycles. The minimum absolute atomic E-state index is 0.130. The molecule has 1 aromatic carbocycles. The van der Waals surface area contributed by atoms with E-state index in [0.29, 0.717) is 5.69 Å². The molecule has 5 heteroatoms. The molecule has 0 saturated heterocycles. The number of hydrogen-bond acceptors (Lipinski definition) is 3. The van der Waals surface area contributed by atoms with Crippen LogP contribution in [0.5, 0.6) is 0 Å². The van der Waals surface area contributed by atoms with Crippen LogP contribution in [0.15, 0.2) is 24.5 Å². The molecule has 72 valence electrons. The van der Waals surface area contributed by atoms with E-state index in [1.165, 1.54) is 17.1 Å². The van der Waals surface area contributed by atoms with Crippen LogP contribution in [0.2, 0.25) is 0 Å². The topological polar surface area (TPSA) is 56.7 Å². The summed E-state index contributed by atoms with van der Waals surface area (Å²) >= 11 is 0. The predicted octanol–water partition coefficient (Wildman–Crippen LogP) is 1.30. The molecule has 1 aromatic heterocycles. The Morgan fingerprint density at radius 2 is 2.21 bits per heavy atom. The second-order valence-corrected chi connectivity index (χ2v) is 3.00. The minimum Gasteiger partial charge on any atom is -0.366 e. The highest BCUT2D eigenvalue weighted by atomic mass is 19.1. The highest BCUT2D eigenvalue weighted by Crippen LogP contribution is 2.13. The molecule has 4 nitrogen and oxygen atoms in total. The summed E-state index contributed by atoms with van der Waals surface area (Å²) in [5.41, 5.74) is 6.54. The fraction of sp³-hybridized carbons (Fsp3) is 0.111. The number of hydrogen-bond donors (Lipinski definition) is 1. The number of rotatable bonds is 1. The number of benzene rings is 1. The van der Waals surface area contributed by atoms with Crippen molar-refractivity contribution in [3.05, 3.63) is 35.9 Å². The first-order chi connectivity index (χ1) is 6.66. The van der Waals surface area contributed by atoms with E-state index in [2.05, 4.69) is 10.1 Å². The maximum absolute atomic E-state index is 13.4. The predicted molar refractivity (Wildman–Crippen MR) is 50.5 cm³/mol. The molecule has 0 atom stereocenters. The quantitative estimate of drug-likeness (QED) is 0.740. The van der Waals surface area contributed by atoms with Gasteiger partial charge in [0.05, 0.1) is 0 Å². The zero-order valence-electron chi connectivity index (χ0n) is 7.61. The van der Waals surface area contributed by atoms with Crippen molar-refractivity contribution in [2.24, 2.45) is 0 Å². The normalized spacial score (nSPS) is 10.4. The van der Waals surface area contributed by atoms with Gasteiger partial charge >= 0.3 is 0 Å². The number of nitrogen functional groups attached to an aromatic ring is 1. The number of nitrogens with zero attached hydrogens (tertiary/aromatic N) is 3. The molecule has 14 heavy (non-hydrogen) atoms. The van der Waals surface area contributed by atoms with Crippen LogP contribution in [0, 0.1) is 12.7 Å². The van der Waals surface area contributed by atoms with Gasteiger partial charge in [0, 0.05) is 0 Å². The van der Waals surface area contributed by atoms with E-state index < -0.39 is 0 Å².